The summed E-state index contributed by atoms with van der Waals surface area (Å²) in [7, 11) is 4.00. The van der Waals surface area contributed by atoms with E-state index < -0.39 is 0 Å². The molecule has 2 fully saturated rings. The number of hydrogen-bond acceptors (Lipinski definition) is 2. The maximum atomic E-state index is 5.90. The summed E-state index contributed by atoms with van der Waals surface area (Å²) < 4.78 is 5.90. The largest absolute Gasteiger partial charge is 0.377 e. The van der Waals surface area contributed by atoms with E-state index in [2.05, 4.69) is 12.4 Å². The third kappa shape index (κ3) is 2.54. The van der Waals surface area contributed by atoms with Gasteiger partial charge in [-0.1, -0.05) is 32.1 Å². The van der Waals surface area contributed by atoms with E-state index in [-0.39, 0.29) is 5.60 Å². The Morgan fingerprint density at radius 3 is 2.40 bits per heavy atom. The van der Waals surface area contributed by atoms with Crippen LogP contribution < -0.4 is 5.32 Å². The maximum Gasteiger partial charge on any atom is 0.0830 e. The quantitative estimate of drug-likeness (QED) is 0.755. The number of likely N-dealkylation sites (N-methyl/N-ethyl adjacent to an activating group) is 1. The van der Waals surface area contributed by atoms with Gasteiger partial charge in [0.25, 0.3) is 0 Å². The molecule has 15 heavy (non-hydrogen) atoms. The van der Waals surface area contributed by atoms with Crippen LogP contribution in [0.25, 0.3) is 0 Å². The number of ether oxygens (including phenoxy) is 1. The van der Waals surface area contributed by atoms with E-state index in [0.717, 1.165) is 5.92 Å². The lowest BCUT2D eigenvalue weighted by Crippen LogP contribution is -2.52. The van der Waals surface area contributed by atoms with Crippen molar-refractivity contribution in [3.05, 3.63) is 0 Å². The second-order valence-corrected chi connectivity index (χ2v) is 5.35. The van der Waals surface area contributed by atoms with E-state index in [1.165, 1.54) is 51.4 Å². The highest BCUT2D eigenvalue weighted by atomic mass is 16.5. The highest BCUT2D eigenvalue weighted by Crippen LogP contribution is 2.41. The van der Waals surface area contributed by atoms with Crippen molar-refractivity contribution < 1.29 is 4.74 Å². The van der Waals surface area contributed by atoms with Gasteiger partial charge in [-0.2, -0.15) is 0 Å². The van der Waals surface area contributed by atoms with E-state index in [1.807, 2.05) is 7.11 Å². The van der Waals surface area contributed by atoms with Crippen molar-refractivity contribution in [3.63, 3.8) is 0 Å². The summed E-state index contributed by atoms with van der Waals surface area (Å²) in [6.45, 7) is 0. The fourth-order valence-corrected chi connectivity index (χ4v) is 3.13. The fraction of sp³-hybridized carbons (Fsp3) is 1.00. The van der Waals surface area contributed by atoms with E-state index >= 15 is 0 Å². The number of nitrogens with one attached hydrogen (secondary N) is 1. The van der Waals surface area contributed by atoms with Crippen molar-refractivity contribution in [1.29, 1.82) is 0 Å². The Kier molecular flexibility index (Phi) is 3.68. The Bertz CT molecular complexity index is 195. The van der Waals surface area contributed by atoms with Crippen molar-refractivity contribution in [3.8, 4) is 0 Å². The fourth-order valence-electron chi connectivity index (χ4n) is 3.13. The van der Waals surface area contributed by atoms with Crippen molar-refractivity contribution in [2.24, 2.45) is 5.92 Å². The molecule has 0 bridgehead atoms. The molecule has 0 saturated heterocycles. The van der Waals surface area contributed by atoms with Crippen molar-refractivity contribution in [2.75, 3.05) is 14.2 Å². The lowest BCUT2D eigenvalue weighted by molar-refractivity contribution is -0.0688. The van der Waals surface area contributed by atoms with Crippen LogP contribution in [0.5, 0.6) is 0 Å². The van der Waals surface area contributed by atoms with Gasteiger partial charge >= 0.3 is 0 Å². The standard InChI is InChI=1S/C13H25NO/c1-14-12(10-11-6-7-11)13(15-2)8-4-3-5-9-13/h11-12,14H,3-10H2,1-2H3. The molecule has 0 aromatic carbocycles. The van der Waals surface area contributed by atoms with Crippen LogP contribution in [0.2, 0.25) is 0 Å². The molecule has 1 atom stereocenters. The van der Waals surface area contributed by atoms with Gasteiger partial charge < -0.3 is 10.1 Å². The Hall–Kier alpha value is -0.0800. The summed E-state index contributed by atoms with van der Waals surface area (Å²) in [6, 6.07) is 0.579. The van der Waals surface area contributed by atoms with Gasteiger partial charge in [0.15, 0.2) is 0 Å². The Labute approximate surface area is 93.8 Å². The smallest absolute Gasteiger partial charge is 0.0830 e. The first-order valence-electron chi connectivity index (χ1n) is 6.53. The van der Waals surface area contributed by atoms with E-state index in [9.17, 15) is 0 Å². The Morgan fingerprint density at radius 1 is 1.27 bits per heavy atom. The predicted molar refractivity (Wildman–Crippen MR) is 63.0 cm³/mol. The molecule has 1 N–H and O–H groups in total. The topological polar surface area (TPSA) is 21.3 Å². The summed E-state index contributed by atoms with van der Waals surface area (Å²) in [5, 5.41) is 3.51. The highest BCUT2D eigenvalue weighted by molar-refractivity contribution is 4.97. The Morgan fingerprint density at radius 2 is 1.93 bits per heavy atom. The van der Waals surface area contributed by atoms with Gasteiger partial charge in [0.2, 0.25) is 0 Å². The number of methoxy groups -OCH3 is 1. The average Bonchev–Trinajstić information content (AvgIpc) is 3.10. The molecule has 0 aliphatic heterocycles. The first-order valence-corrected chi connectivity index (χ1v) is 6.53. The third-order valence-corrected chi connectivity index (χ3v) is 4.36. The second kappa shape index (κ2) is 4.84. The normalized spacial score (nSPS) is 27.6. The molecule has 2 nitrogen and oxygen atoms in total. The monoisotopic (exact) mass is 211 g/mol. The molecule has 2 saturated carbocycles. The van der Waals surface area contributed by atoms with Gasteiger partial charge in [-0.25, -0.2) is 0 Å². The summed E-state index contributed by atoms with van der Waals surface area (Å²) >= 11 is 0. The first kappa shape index (κ1) is 11.4. The zero-order valence-electron chi connectivity index (χ0n) is 10.2. The average molecular weight is 211 g/mol. The third-order valence-electron chi connectivity index (χ3n) is 4.36. The predicted octanol–water partition coefficient (Wildman–Crippen LogP) is 2.72. The molecule has 0 radical (unpaired) electrons. The van der Waals surface area contributed by atoms with Crippen molar-refractivity contribution in [1.82, 2.24) is 5.32 Å². The molecule has 0 aromatic heterocycles. The van der Waals surface area contributed by atoms with Crippen LogP contribution >= 0.6 is 0 Å². The highest BCUT2D eigenvalue weighted by Gasteiger charge is 2.41. The van der Waals surface area contributed by atoms with Crippen LogP contribution in [0.1, 0.15) is 51.4 Å². The lowest BCUT2D eigenvalue weighted by atomic mass is 9.77. The molecule has 0 spiro atoms. The lowest BCUT2D eigenvalue weighted by Gasteiger charge is -2.42. The molecule has 0 heterocycles. The van der Waals surface area contributed by atoms with Gasteiger partial charge in [-0.3, -0.25) is 0 Å². The summed E-state index contributed by atoms with van der Waals surface area (Å²) in [5.74, 6) is 0.983. The summed E-state index contributed by atoms with van der Waals surface area (Å²) in [5.41, 5.74) is 0.148. The second-order valence-electron chi connectivity index (χ2n) is 5.35. The molecule has 2 rings (SSSR count). The van der Waals surface area contributed by atoms with Gasteiger partial charge in [0.05, 0.1) is 5.60 Å². The van der Waals surface area contributed by atoms with Crippen LogP contribution in [-0.2, 0) is 4.74 Å². The van der Waals surface area contributed by atoms with Crippen molar-refractivity contribution in [2.45, 2.75) is 63.0 Å². The summed E-state index contributed by atoms with van der Waals surface area (Å²) in [4.78, 5) is 0. The first-order chi connectivity index (χ1) is 7.30. The van der Waals surface area contributed by atoms with Gasteiger partial charge in [0.1, 0.15) is 0 Å². The van der Waals surface area contributed by atoms with Crippen LogP contribution in [0, 0.1) is 5.92 Å². The van der Waals surface area contributed by atoms with E-state index in [4.69, 9.17) is 4.74 Å². The minimum atomic E-state index is 0.148. The molecular weight excluding hydrogens is 186 g/mol. The SMILES string of the molecule is CNC(CC1CC1)C1(OC)CCCCC1. The van der Waals surface area contributed by atoms with Crippen molar-refractivity contribution >= 4 is 0 Å². The molecule has 0 aromatic rings. The van der Waals surface area contributed by atoms with Crippen LogP contribution in [0.15, 0.2) is 0 Å². The number of hydrogen-bond donors (Lipinski definition) is 1. The van der Waals surface area contributed by atoms with Crippen LogP contribution in [0.3, 0.4) is 0 Å². The molecule has 2 heteroatoms. The zero-order valence-corrected chi connectivity index (χ0v) is 10.2. The van der Waals surface area contributed by atoms with Gasteiger partial charge in [-0.05, 0) is 32.2 Å². The Balaban J connectivity index is 1.99. The minimum Gasteiger partial charge on any atom is -0.377 e. The minimum absolute atomic E-state index is 0.148. The number of rotatable bonds is 5. The van der Waals surface area contributed by atoms with E-state index in [1.54, 1.807) is 0 Å². The van der Waals surface area contributed by atoms with Crippen LogP contribution in [0.4, 0.5) is 0 Å². The maximum absolute atomic E-state index is 5.90. The molecular formula is C13H25NO. The molecule has 2 aliphatic rings. The van der Waals surface area contributed by atoms with E-state index in [0.29, 0.717) is 6.04 Å². The summed E-state index contributed by atoms with van der Waals surface area (Å²) in [6.07, 6.45) is 10.8. The molecule has 1 unspecified atom stereocenters. The van der Waals surface area contributed by atoms with Gasteiger partial charge in [0, 0.05) is 13.2 Å². The molecule has 2 aliphatic carbocycles. The molecule has 88 valence electrons. The van der Waals surface area contributed by atoms with Gasteiger partial charge in [-0.15, -0.1) is 0 Å². The molecule has 0 amide bonds. The van der Waals surface area contributed by atoms with Crippen LogP contribution in [-0.4, -0.2) is 25.8 Å². The zero-order chi connectivity index (χ0) is 10.7.